The van der Waals surface area contributed by atoms with Gasteiger partial charge < -0.3 is 9.55 Å². The van der Waals surface area contributed by atoms with Crippen LogP contribution in [0.1, 0.15) is 23.6 Å². The number of thiazole rings is 1. The Labute approximate surface area is 171 Å². The first-order valence-corrected chi connectivity index (χ1v) is 10.9. The largest absolute Gasteiger partial charge is 0.344 e. The van der Waals surface area contributed by atoms with Crippen LogP contribution in [0.2, 0.25) is 0 Å². The van der Waals surface area contributed by atoms with Crippen molar-refractivity contribution in [3.63, 3.8) is 0 Å². The second kappa shape index (κ2) is 6.64. The van der Waals surface area contributed by atoms with Gasteiger partial charge in [-0.3, -0.25) is 9.69 Å². The summed E-state index contributed by atoms with van der Waals surface area (Å²) in [6.45, 7) is 3.76. The number of aromatic amines is 1. The fraction of sp³-hybridized carbons (Fsp3) is 0.318. The molecule has 5 heterocycles. The van der Waals surface area contributed by atoms with Gasteiger partial charge in [-0.05, 0) is 36.1 Å². The Balaban J connectivity index is 1.31. The maximum atomic E-state index is 13.1. The van der Waals surface area contributed by atoms with Crippen molar-refractivity contribution in [2.24, 2.45) is 5.92 Å². The highest BCUT2D eigenvalue weighted by molar-refractivity contribution is 7.16. The molecule has 0 aliphatic carbocycles. The lowest BCUT2D eigenvalue weighted by molar-refractivity contribution is 0.115. The van der Waals surface area contributed by atoms with Gasteiger partial charge in [0.15, 0.2) is 0 Å². The van der Waals surface area contributed by atoms with E-state index in [1.807, 2.05) is 16.1 Å². The van der Waals surface area contributed by atoms with Crippen LogP contribution in [0.15, 0.2) is 53.0 Å². The van der Waals surface area contributed by atoms with Crippen LogP contribution in [0.5, 0.6) is 0 Å². The molecular formula is C22H21N5OS. The number of nitrogens with zero attached hydrogens (tertiary/aromatic N) is 4. The number of rotatable bonds is 3. The van der Waals surface area contributed by atoms with Crippen molar-refractivity contribution in [2.45, 2.75) is 25.4 Å². The molecule has 0 amide bonds. The topological polar surface area (TPSA) is 66.8 Å². The minimum Gasteiger partial charge on any atom is -0.344 e. The average molecular weight is 404 g/mol. The summed E-state index contributed by atoms with van der Waals surface area (Å²) in [4.78, 5) is 27.5. The Morgan fingerprint density at radius 2 is 2.10 bits per heavy atom. The number of H-pyrrole nitrogens is 1. The van der Waals surface area contributed by atoms with Crippen LogP contribution in [-0.2, 0) is 13.1 Å². The number of nitrogens with one attached hydrogen (secondary N) is 1. The number of pyridine rings is 1. The maximum Gasteiger partial charge on any atom is 0.261 e. The monoisotopic (exact) mass is 403 g/mol. The second-order valence-corrected chi connectivity index (χ2v) is 8.99. The van der Waals surface area contributed by atoms with Crippen LogP contribution >= 0.6 is 11.3 Å². The fourth-order valence-electron chi connectivity index (χ4n) is 5.08. The van der Waals surface area contributed by atoms with E-state index in [0.29, 0.717) is 23.2 Å². The molecule has 4 aromatic rings. The molecule has 2 bridgehead atoms. The molecule has 0 saturated carbocycles. The zero-order chi connectivity index (χ0) is 19.4. The SMILES string of the molecule is O=c1c(-c2ncc[nH]2)ccc2n1C[C@H]1C[C@@H]2CN(Cc2cccc3ncsc23)C1. The highest BCUT2D eigenvalue weighted by atomic mass is 32.1. The zero-order valence-corrected chi connectivity index (χ0v) is 16.7. The lowest BCUT2D eigenvalue weighted by atomic mass is 9.82. The van der Waals surface area contributed by atoms with Gasteiger partial charge in [0.1, 0.15) is 5.82 Å². The third kappa shape index (κ3) is 2.84. The predicted octanol–water partition coefficient (Wildman–Crippen LogP) is 3.47. The summed E-state index contributed by atoms with van der Waals surface area (Å²) >= 11 is 1.72. The van der Waals surface area contributed by atoms with Gasteiger partial charge in [-0.1, -0.05) is 12.1 Å². The number of fused-ring (bicyclic) bond motifs is 5. The molecule has 0 unspecified atom stereocenters. The second-order valence-electron chi connectivity index (χ2n) is 8.14. The summed E-state index contributed by atoms with van der Waals surface area (Å²) in [6.07, 6.45) is 4.62. The van der Waals surface area contributed by atoms with E-state index in [1.165, 1.54) is 22.4 Å². The summed E-state index contributed by atoms with van der Waals surface area (Å²) in [6, 6.07) is 10.5. The van der Waals surface area contributed by atoms with Crippen molar-refractivity contribution in [3.05, 3.63) is 69.8 Å². The van der Waals surface area contributed by atoms with E-state index in [0.717, 1.165) is 31.7 Å². The molecule has 0 radical (unpaired) electrons. The summed E-state index contributed by atoms with van der Waals surface area (Å²) in [7, 11) is 0. The van der Waals surface area contributed by atoms with Crippen molar-refractivity contribution in [1.82, 2.24) is 24.4 Å². The summed E-state index contributed by atoms with van der Waals surface area (Å²) in [5.41, 5.74) is 6.28. The van der Waals surface area contributed by atoms with Crippen LogP contribution in [0.25, 0.3) is 21.6 Å². The fourth-order valence-corrected chi connectivity index (χ4v) is 5.87. The molecule has 1 fully saturated rings. The molecule has 0 spiro atoms. The van der Waals surface area contributed by atoms with E-state index in [1.54, 1.807) is 23.7 Å². The molecule has 2 aliphatic heterocycles. The van der Waals surface area contributed by atoms with Crippen LogP contribution in [0.4, 0.5) is 0 Å². The zero-order valence-electron chi connectivity index (χ0n) is 15.9. The first-order chi connectivity index (χ1) is 14.3. The van der Waals surface area contributed by atoms with E-state index in [9.17, 15) is 4.79 Å². The number of hydrogen-bond acceptors (Lipinski definition) is 5. The normalized spacial score (nSPS) is 21.4. The minimum absolute atomic E-state index is 0.0787. The number of piperidine rings is 1. The highest BCUT2D eigenvalue weighted by Crippen LogP contribution is 2.36. The van der Waals surface area contributed by atoms with Crippen LogP contribution < -0.4 is 5.56 Å². The van der Waals surface area contributed by atoms with E-state index in [-0.39, 0.29) is 5.56 Å². The summed E-state index contributed by atoms with van der Waals surface area (Å²) < 4.78 is 3.29. The molecule has 1 saturated heterocycles. The molecule has 7 heteroatoms. The standard InChI is InChI=1S/C22H21N5OS/c28-22-17(21-23-6-7-24-21)4-5-19-16-8-14(10-27(19)22)9-26(12-16)11-15-2-1-3-18-20(15)29-13-25-18/h1-7,13-14,16H,8-12H2,(H,23,24)/t14-,16+/m0/s1. The predicted molar refractivity (Wildman–Crippen MR) is 114 cm³/mol. The quantitative estimate of drug-likeness (QED) is 0.569. The van der Waals surface area contributed by atoms with Gasteiger partial charge in [-0.15, -0.1) is 11.3 Å². The summed E-state index contributed by atoms with van der Waals surface area (Å²) in [5, 5.41) is 0. The van der Waals surface area contributed by atoms with Crippen molar-refractivity contribution >= 4 is 21.6 Å². The van der Waals surface area contributed by atoms with Crippen molar-refractivity contribution in [1.29, 1.82) is 0 Å². The van der Waals surface area contributed by atoms with E-state index >= 15 is 0 Å². The number of hydrogen-bond donors (Lipinski definition) is 1. The Kier molecular flexibility index (Phi) is 3.92. The van der Waals surface area contributed by atoms with Gasteiger partial charge in [-0.2, -0.15) is 0 Å². The number of aromatic nitrogens is 4. The van der Waals surface area contributed by atoms with Gasteiger partial charge in [-0.25, -0.2) is 9.97 Å². The number of imidazole rings is 1. The van der Waals surface area contributed by atoms with Gasteiger partial charge in [0.2, 0.25) is 0 Å². The van der Waals surface area contributed by atoms with Gasteiger partial charge in [0.05, 0.1) is 21.3 Å². The molecular weight excluding hydrogens is 382 g/mol. The van der Waals surface area contributed by atoms with Crippen molar-refractivity contribution in [2.75, 3.05) is 13.1 Å². The molecule has 1 N–H and O–H groups in total. The van der Waals surface area contributed by atoms with E-state index < -0.39 is 0 Å². The molecule has 2 aliphatic rings. The Morgan fingerprint density at radius 1 is 1.14 bits per heavy atom. The average Bonchev–Trinajstić information content (AvgIpc) is 3.41. The van der Waals surface area contributed by atoms with Crippen LogP contribution in [0.3, 0.4) is 0 Å². The Bertz CT molecular complexity index is 1240. The van der Waals surface area contributed by atoms with E-state index in [4.69, 9.17) is 0 Å². The molecule has 6 rings (SSSR count). The van der Waals surface area contributed by atoms with Gasteiger partial charge >= 0.3 is 0 Å². The lowest BCUT2D eigenvalue weighted by Gasteiger charge is -2.43. The van der Waals surface area contributed by atoms with Crippen LogP contribution in [0, 0.1) is 5.92 Å². The number of likely N-dealkylation sites (tertiary alicyclic amines) is 1. The van der Waals surface area contributed by atoms with Crippen molar-refractivity contribution < 1.29 is 0 Å². The third-order valence-corrected chi connectivity index (χ3v) is 7.18. The molecule has 2 atom stereocenters. The first-order valence-electron chi connectivity index (χ1n) is 10.0. The molecule has 29 heavy (non-hydrogen) atoms. The molecule has 6 nitrogen and oxygen atoms in total. The maximum absolute atomic E-state index is 13.1. The molecule has 3 aromatic heterocycles. The molecule has 1 aromatic carbocycles. The van der Waals surface area contributed by atoms with Gasteiger partial charge in [0.25, 0.3) is 5.56 Å². The smallest absolute Gasteiger partial charge is 0.261 e. The van der Waals surface area contributed by atoms with E-state index in [2.05, 4.69) is 44.1 Å². The van der Waals surface area contributed by atoms with Crippen LogP contribution in [-0.4, -0.2) is 37.5 Å². The van der Waals surface area contributed by atoms with Crippen molar-refractivity contribution in [3.8, 4) is 11.4 Å². The van der Waals surface area contributed by atoms with Gasteiger partial charge in [0, 0.05) is 50.2 Å². The molecule has 146 valence electrons. The Morgan fingerprint density at radius 3 is 3.00 bits per heavy atom. The third-order valence-electron chi connectivity index (χ3n) is 6.27. The highest BCUT2D eigenvalue weighted by Gasteiger charge is 2.35. The first kappa shape index (κ1) is 17.1. The summed E-state index contributed by atoms with van der Waals surface area (Å²) in [5.74, 6) is 1.56. The minimum atomic E-state index is 0.0787. The number of benzene rings is 1. The Hall–Kier alpha value is -2.77. The lowest BCUT2D eigenvalue weighted by Crippen LogP contribution is -2.47.